The number of rotatable bonds is 0. The first kappa shape index (κ1) is 16.5. The molecule has 3 rings (SSSR count). The molecular weight excluding hydrogens is 288 g/mol. The van der Waals surface area contributed by atoms with E-state index in [1.165, 1.54) is 11.1 Å². The molecule has 2 saturated heterocycles. The number of esters is 1. The Morgan fingerprint density at radius 2 is 1.96 bits per heavy atom. The van der Waals surface area contributed by atoms with Crippen molar-refractivity contribution in [3.05, 3.63) is 35.5 Å². The maximum atomic E-state index is 11.9. The number of hydrogen-bond donors (Lipinski definition) is 0. The fourth-order valence-electron chi connectivity index (χ4n) is 3.82. The van der Waals surface area contributed by atoms with Crippen LogP contribution in [-0.4, -0.2) is 23.8 Å². The smallest absolute Gasteiger partial charge is 0.334 e. The predicted octanol–water partition coefficient (Wildman–Crippen LogP) is 4.49. The van der Waals surface area contributed by atoms with Crippen LogP contribution in [0.5, 0.6) is 0 Å². The topological polar surface area (TPSA) is 38.8 Å². The van der Waals surface area contributed by atoms with Crippen molar-refractivity contribution >= 4 is 5.97 Å². The minimum Gasteiger partial charge on any atom is -0.458 e. The van der Waals surface area contributed by atoms with E-state index in [1.54, 1.807) is 0 Å². The van der Waals surface area contributed by atoms with E-state index in [-0.39, 0.29) is 23.6 Å². The summed E-state index contributed by atoms with van der Waals surface area (Å²) < 4.78 is 11.6. The van der Waals surface area contributed by atoms with Gasteiger partial charge in [0.1, 0.15) is 6.10 Å². The molecule has 4 atom stereocenters. The van der Waals surface area contributed by atoms with Crippen LogP contribution in [-0.2, 0) is 14.3 Å². The highest BCUT2D eigenvalue weighted by molar-refractivity contribution is 5.90. The van der Waals surface area contributed by atoms with Crippen molar-refractivity contribution in [2.24, 2.45) is 5.92 Å². The number of carbonyl (C=O) groups is 1. The van der Waals surface area contributed by atoms with Crippen LogP contribution in [0.25, 0.3) is 0 Å². The van der Waals surface area contributed by atoms with Gasteiger partial charge in [-0.3, -0.25) is 0 Å². The second kappa shape index (κ2) is 6.27. The molecule has 2 fully saturated rings. The summed E-state index contributed by atoms with van der Waals surface area (Å²) in [7, 11) is 0. The molecule has 0 bridgehead atoms. The maximum absolute atomic E-state index is 11.9. The highest BCUT2D eigenvalue weighted by Crippen LogP contribution is 2.47. The van der Waals surface area contributed by atoms with E-state index in [1.807, 2.05) is 0 Å². The normalized spacial score (nSPS) is 43.2. The van der Waals surface area contributed by atoms with Crippen molar-refractivity contribution in [1.82, 2.24) is 0 Å². The second-order valence-corrected chi connectivity index (χ2v) is 7.61. The number of allylic oxidation sites excluding steroid dienone is 4. The zero-order valence-electron chi connectivity index (χ0n) is 14.6. The molecule has 2 heterocycles. The van der Waals surface area contributed by atoms with Gasteiger partial charge in [0.2, 0.25) is 0 Å². The van der Waals surface area contributed by atoms with Crippen LogP contribution in [0.2, 0.25) is 0 Å². The third-order valence-corrected chi connectivity index (χ3v) is 5.61. The molecule has 0 spiro atoms. The van der Waals surface area contributed by atoms with Gasteiger partial charge in [-0.05, 0) is 52.9 Å². The van der Waals surface area contributed by atoms with E-state index < -0.39 is 0 Å². The molecule has 1 aliphatic carbocycles. The van der Waals surface area contributed by atoms with Crippen LogP contribution in [0, 0.1) is 5.92 Å². The molecule has 23 heavy (non-hydrogen) atoms. The van der Waals surface area contributed by atoms with Crippen molar-refractivity contribution in [3.8, 4) is 0 Å². The lowest BCUT2D eigenvalue weighted by molar-refractivity contribution is -0.139. The van der Waals surface area contributed by atoms with Crippen molar-refractivity contribution in [2.75, 3.05) is 0 Å². The van der Waals surface area contributed by atoms with Crippen LogP contribution in [0.1, 0.15) is 59.3 Å². The Kier molecular flexibility index (Phi) is 4.50. The molecular formula is C20H28O3. The molecule has 3 nitrogen and oxygen atoms in total. The lowest BCUT2D eigenvalue weighted by Gasteiger charge is -2.19. The van der Waals surface area contributed by atoms with Gasteiger partial charge in [0.05, 0.1) is 11.7 Å². The Morgan fingerprint density at radius 3 is 2.74 bits per heavy atom. The molecule has 126 valence electrons. The van der Waals surface area contributed by atoms with Crippen molar-refractivity contribution < 1.29 is 14.3 Å². The van der Waals surface area contributed by atoms with Crippen LogP contribution in [0.15, 0.2) is 35.5 Å². The van der Waals surface area contributed by atoms with Crippen molar-refractivity contribution in [2.45, 2.75) is 77.1 Å². The number of hydrogen-bond acceptors (Lipinski definition) is 3. The van der Waals surface area contributed by atoms with Crippen molar-refractivity contribution in [3.63, 3.8) is 0 Å². The fraction of sp³-hybridized carbons (Fsp3) is 0.650. The van der Waals surface area contributed by atoms with Crippen LogP contribution >= 0.6 is 0 Å². The lowest BCUT2D eigenvalue weighted by Crippen LogP contribution is -2.25. The van der Waals surface area contributed by atoms with Gasteiger partial charge in [0.25, 0.3) is 0 Å². The van der Waals surface area contributed by atoms with Gasteiger partial charge in [-0.1, -0.05) is 29.9 Å². The summed E-state index contributed by atoms with van der Waals surface area (Å²) in [5, 5.41) is 0. The summed E-state index contributed by atoms with van der Waals surface area (Å²) in [6.45, 7) is 10.5. The van der Waals surface area contributed by atoms with Gasteiger partial charge in [-0.2, -0.15) is 0 Å². The first-order valence-electron chi connectivity index (χ1n) is 8.78. The van der Waals surface area contributed by atoms with Crippen LogP contribution in [0.3, 0.4) is 0 Å². The van der Waals surface area contributed by atoms with Crippen LogP contribution in [0.4, 0.5) is 0 Å². The summed E-state index contributed by atoms with van der Waals surface area (Å²) in [4.78, 5) is 11.9. The zero-order chi connectivity index (χ0) is 16.6. The van der Waals surface area contributed by atoms with Crippen LogP contribution < -0.4 is 0 Å². The summed E-state index contributed by atoms with van der Waals surface area (Å²) in [5.74, 6) is -0.131. The minimum absolute atomic E-state index is 0.0892. The molecule has 0 aromatic carbocycles. The number of epoxide rings is 1. The van der Waals surface area contributed by atoms with Gasteiger partial charge in [0.15, 0.2) is 0 Å². The molecule has 0 aromatic heterocycles. The highest BCUT2D eigenvalue weighted by atomic mass is 16.6. The molecule has 3 aliphatic rings. The first-order chi connectivity index (χ1) is 10.9. The average molecular weight is 316 g/mol. The second-order valence-electron chi connectivity index (χ2n) is 7.61. The van der Waals surface area contributed by atoms with E-state index >= 15 is 0 Å². The molecule has 0 saturated carbocycles. The Labute approximate surface area is 139 Å². The summed E-state index contributed by atoms with van der Waals surface area (Å²) in [5.41, 5.74) is 3.31. The van der Waals surface area contributed by atoms with Gasteiger partial charge in [0, 0.05) is 17.9 Å². The molecule has 0 N–H and O–H groups in total. The molecule has 0 radical (unpaired) electrons. The number of fused-ring (bicyclic) bond motifs is 2. The van der Waals surface area contributed by atoms with Gasteiger partial charge in [-0.25, -0.2) is 4.79 Å². The summed E-state index contributed by atoms with van der Waals surface area (Å²) in [6.07, 6.45) is 10.7. The molecule has 0 aromatic rings. The summed E-state index contributed by atoms with van der Waals surface area (Å²) in [6, 6.07) is 0. The number of carbonyl (C=O) groups excluding carboxylic acids is 1. The highest BCUT2D eigenvalue weighted by Gasteiger charge is 2.55. The quantitative estimate of drug-likeness (QED) is 0.286. The third kappa shape index (κ3) is 3.60. The Hall–Kier alpha value is -1.35. The Balaban J connectivity index is 1.79. The van der Waals surface area contributed by atoms with Gasteiger partial charge >= 0.3 is 5.97 Å². The molecule has 3 heteroatoms. The lowest BCUT2D eigenvalue weighted by atomic mass is 9.85. The largest absolute Gasteiger partial charge is 0.458 e. The predicted molar refractivity (Wildman–Crippen MR) is 91.0 cm³/mol. The van der Waals surface area contributed by atoms with Gasteiger partial charge in [-0.15, -0.1) is 0 Å². The SMILES string of the molecule is C=C1C(=O)O[C@@H]2C[C@]3(C)O[C@H]3CC/C(C)=C\CC/C(C)=C\C[C@H]12. The van der Waals surface area contributed by atoms with Gasteiger partial charge < -0.3 is 9.47 Å². The third-order valence-electron chi connectivity index (χ3n) is 5.61. The van der Waals surface area contributed by atoms with E-state index in [0.717, 1.165) is 38.5 Å². The van der Waals surface area contributed by atoms with E-state index in [4.69, 9.17) is 9.47 Å². The number of ether oxygens (including phenoxy) is 2. The molecule has 0 unspecified atom stereocenters. The molecule has 0 amide bonds. The Morgan fingerprint density at radius 1 is 1.22 bits per heavy atom. The fourth-order valence-corrected chi connectivity index (χ4v) is 3.82. The van der Waals surface area contributed by atoms with E-state index in [0.29, 0.717) is 11.7 Å². The first-order valence-corrected chi connectivity index (χ1v) is 8.78. The zero-order valence-corrected chi connectivity index (χ0v) is 14.6. The minimum atomic E-state index is -0.228. The average Bonchev–Trinajstić information content (AvgIpc) is 3.05. The maximum Gasteiger partial charge on any atom is 0.334 e. The summed E-state index contributed by atoms with van der Waals surface area (Å²) >= 11 is 0. The van der Waals surface area contributed by atoms with E-state index in [9.17, 15) is 4.79 Å². The Bertz CT molecular complexity index is 571. The monoisotopic (exact) mass is 316 g/mol. The molecule has 2 aliphatic heterocycles. The van der Waals surface area contributed by atoms with E-state index in [2.05, 4.69) is 39.5 Å². The standard InChI is InChI=1S/C20H28O3/c1-13-6-5-7-14(2)9-11-18-20(4,23-18)12-17-16(10-8-13)15(3)19(21)22-17/h7-8,16-18H,3,5-6,9-12H2,1-2,4H3/b13-8-,14-7-/t16-,17-,18+,20+/m1/s1. The van der Waals surface area contributed by atoms with Crippen molar-refractivity contribution in [1.29, 1.82) is 0 Å².